The predicted molar refractivity (Wildman–Crippen MR) is 72.9 cm³/mol. The van der Waals surface area contributed by atoms with E-state index in [1.807, 2.05) is 0 Å². The zero-order chi connectivity index (χ0) is 11.9. The van der Waals surface area contributed by atoms with Crippen LogP contribution >= 0.6 is 0 Å². The standard InChI is InChI=1S/C15H17N3/c1-2-7-13-12(6-1)17-15(18-13)11-5-3-4-10-8-9-16-14(10)11/h3-5,16H,1-2,6-9H2,(H,17,18). The topological polar surface area (TPSA) is 40.7 Å². The van der Waals surface area contributed by atoms with E-state index in [1.54, 1.807) is 0 Å². The molecule has 0 spiro atoms. The number of rotatable bonds is 1. The van der Waals surface area contributed by atoms with Crippen molar-refractivity contribution in [1.82, 2.24) is 9.97 Å². The van der Waals surface area contributed by atoms with Gasteiger partial charge in [0.25, 0.3) is 0 Å². The van der Waals surface area contributed by atoms with Gasteiger partial charge in [0.1, 0.15) is 5.82 Å². The molecule has 2 heterocycles. The van der Waals surface area contributed by atoms with Gasteiger partial charge in [-0.25, -0.2) is 4.98 Å². The summed E-state index contributed by atoms with van der Waals surface area (Å²) in [4.78, 5) is 8.33. The zero-order valence-corrected chi connectivity index (χ0v) is 10.4. The molecule has 1 aliphatic carbocycles. The first kappa shape index (κ1) is 10.2. The van der Waals surface area contributed by atoms with E-state index in [0.29, 0.717) is 0 Å². The van der Waals surface area contributed by atoms with Gasteiger partial charge in [-0.2, -0.15) is 0 Å². The minimum absolute atomic E-state index is 1.05. The number of hydrogen-bond acceptors (Lipinski definition) is 2. The third-order valence-electron chi connectivity index (χ3n) is 4.06. The Labute approximate surface area is 107 Å². The fourth-order valence-corrected chi connectivity index (χ4v) is 3.12. The Morgan fingerprint density at radius 1 is 1.06 bits per heavy atom. The third kappa shape index (κ3) is 1.47. The van der Waals surface area contributed by atoms with Crippen LogP contribution in [0.4, 0.5) is 5.69 Å². The van der Waals surface area contributed by atoms with E-state index in [0.717, 1.165) is 31.6 Å². The van der Waals surface area contributed by atoms with E-state index in [9.17, 15) is 0 Å². The average Bonchev–Trinajstić information content (AvgIpc) is 3.04. The summed E-state index contributed by atoms with van der Waals surface area (Å²) in [6, 6.07) is 6.52. The fourth-order valence-electron chi connectivity index (χ4n) is 3.12. The number of aryl methyl sites for hydroxylation is 2. The molecule has 0 saturated carbocycles. The smallest absolute Gasteiger partial charge is 0.139 e. The third-order valence-corrected chi connectivity index (χ3v) is 4.06. The Morgan fingerprint density at radius 3 is 2.94 bits per heavy atom. The molecule has 1 aromatic heterocycles. The molecule has 4 rings (SSSR count). The highest BCUT2D eigenvalue weighted by Gasteiger charge is 2.19. The van der Waals surface area contributed by atoms with Crippen LogP contribution in [-0.2, 0) is 19.3 Å². The number of para-hydroxylation sites is 1. The summed E-state index contributed by atoms with van der Waals surface area (Å²) in [7, 11) is 0. The Bertz CT molecular complexity index is 574. The molecular weight excluding hydrogens is 222 g/mol. The van der Waals surface area contributed by atoms with Crippen molar-refractivity contribution in [1.29, 1.82) is 0 Å². The molecule has 2 aliphatic rings. The highest BCUT2D eigenvalue weighted by atomic mass is 15.0. The number of hydrogen-bond donors (Lipinski definition) is 2. The molecule has 1 aromatic carbocycles. The van der Waals surface area contributed by atoms with E-state index in [1.165, 1.54) is 41.0 Å². The molecule has 3 heteroatoms. The molecule has 0 radical (unpaired) electrons. The highest BCUT2D eigenvalue weighted by molar-refractivity contribution is 5.78. The Balaban J connectivity index is 1.83. The molecule has 3 nitrogen and oxygen atoms in total. The van der Waals surface area contributed by atoms with E-state index in [2.05, 4.69) is 28.5 Å². The van der Waals surface area contributed by atoms with Crippen molar-refractivity contribution in [3.05, 3.63) is 35.2 Å². The van der Waals surface area contributed by atoms with Gasteiger partial charge in [0.05, 0.1) is 5.69 Å². The van der Waals surface area contributed by atoms with Gasteiger partial charge in [-0.15, -0.1) is 0 Å². The highest BCUT2D eigenvalue weighted by Crippen LogP contribution is 2.34. The quantitative estimate of drug-likeness (QED) is 0.803. The van der Waals surface area contributed by atoms with Crippen LogP contribution in [0.5, 0.6) is 0 Å². The second kappa shape index (κ2) is 3.87. The molecule has 0 amide bonds. The zero-order valence-electron chi connectivity index (χ0n) is 10.4. The second-order valence-corrected chi connectivity index (χ2v) is 5.23. The molecule has 0 fully saturated rings. The molecule has 18 heavy (non-hydrogen) atoms. The lowest BCUT2D eigenvalue weighted by Crippen LogP contribution is -2.00. The van der Waals surface area contributed by atoms with Gasteiger partial charge in [-0.3, -0.25) is 0 Å². The maximum atomic E-state index is 4.80. The summed E-state index contributed by atoms with van der Waals surface area (Å²) < 4.78 is 0. The van der Waals surface area contributed by atoms with Crippen LogP contribution in [0.2, 0.25) is 0 Å². The molecule has 1 aliphatic heterocycles. The van der Waals surface area contributed by atoms with E-state index in [4.69, 9.17) is 4.98 Å². The average molecular weight is 239 g/mol. The molecule has 2 aromatic rings. The van der Waals surface area contributed by atoms with Crippen molar-refractivity contribution in [2.75, 3.05) is 11.9 Å². The fraction of sp³-hybridized carbons (Fsp3) is 0.400. The van der Waals surface area contributed by atoms with Gasteiger partial charge < -0.3 is 10.3 Å². The van der Waals surface area contributed by atoms with Crippen LogP contribution in [0.1, 0.15) is 29.8 Å². The SMILES string of the molecule is c1cc2c(c(-c3nc4c([nH]3)CCCC4)c1)NCC2. The minimum atomic E-state index is 1.05. The van der Waals surface area contributed by atoms with E-state index >= 15 is 0 Å². The van der Waals surface area contributed by atoms with Crippen LogP contribution in [0.25, 0.3) is 11.4 Å². The van der Waals surface area contributed by atoms with Gasteiger partial charge in [-0.1, -0.05) is 12.1 Å². The number of nitrogens with zero attached hydrogens (tertiary/aromatic N) is 1. The van der Waals surface area contributed by atoms with Gasteiger partial charge in [0, 0.05) is 23.5 Å². The van der Waals surface area contributed by atoms with Crippen molar-refractivity contribution in [2.24, 2.45) is 0 Å². The molecular formula is C15H17N3. The summed E-state index contributed by atoms with van der Waals surface area (Å²) in [6.45, 7) is 1.05. The number of H-pyrrole nitrogens is 1. The molecule has 0 unspecified atom stereocenters. The van der Waals surface area contributed by atoms with Gasteiger partial charge in [0.15, 0.2) is 0 Å². The van der Waals surface area contributed by atoms with Crippen LogP contribution < -0.4 is 5.32 Å². The van der Waals surface area contributed by atoms with Gasteiger partial charge in [-0.05, 0) is 43.7 Å². The van der Waals surface area contributed by atoms with Gasteiger partial charge in [0.2, 0.25) is 0 Å². The number of nitrogens with one attached hydrogen (secondary N) is 2. The molecule has 0 atom stereocenters. The lowest BCUT2D eigenvalue weighted by atomic mass is 10.0. The summed E-state index contributed by atoms with van der Waals surface area (Å²) in [5.41, 5.74) is 6.57. The minimum Gasteiger partial charge on any atom is -0.384 e. The van der Waals surface area contributed by atoms with Crippen LogP contribution in [0.3, 0.4) is 0 Å². The summed E-state index contributed by atoms with van der Waals surface area (Å²) >= 11 is 0. The Hall–Kier alpha value is -1.77. The molecule has 0 saturated heterocycles. The van der Waals surface area contributed by atoms with Crippen molar-refractivity contribution in [2.45, 2.75) is 32.1 Å². The molecule has 0 bridgehead atoms. The van der Waals surface area contributed by atoms with Crippen LogP contribution in [0.15, 0.2) is 18.2 Å². The summed E-state index contributed by atoms with van der Waals surface area (Å²) in [6.07, 6.45) is 5.99. The number of aromatic nitrogens is 2. The Kier molecular flexibility index (Phi) is 2.19. The Morgan fingerprint density at radius 2 is 2.00 bits per heavy atom. The van der Waals surface area contributed by atoms with Crippen LogP contribution in [0, 0.1) is 0 Å². The summed E-state index contributed by atoms with van der Waals surface area (Å²) in [5, 5.41) is 3.49. The number of benzene rings is 1. The van der Waals surface area contributed by atoms with Gasteiger partial charge >= 0.3 is 0 Å². The molecule has 2 N–H and O–H groups in total. The largest absolute Gasteiger partial charge is 0.384 e. The van der Waals surface area contributed by atoms with E-state index < -0.39 is 0 Å². The van der Waals surface area contributed by atoms with Crippen molar-refractivity contribution < 1.29 is 0 Å². The maximum absolute atomic E-state index is 4.80. The second-order valence-electron chi connectivity index (χ2n) is 5.23. The summed E-state index contributed by atoms with van der Waals surface area (Å²) in [5.74, 6) is 1.05. The lowest BCUT2D eigenvalue weighted by Gasteiger charge is -2.07. The lowest BCUT2D eigenvalue weighted by molar-refractivity contribution is 0.667. The van der Waals surface area contributed by atoms with E-state index in [-0.39, 0.29) is 0 Å². The van der Waals surface area contributed by atoms with Crippen molar-refractivity contribution in [3.63, 3.8) is 0 Å². The number of fused-ring (bicyclic) bond motifs is 2. The maximum Gasteiger partial charge on any atom is 0.139 e. The number of imidazole rings is 1. The predicted octanol–water partition coefficient (Wildman–Crippen LogP) is 2.92. The van der Waals surface area contributed by atoms with Crippen LogP contribution in [-0.4, -0.2) is 16.5 Å². The monoisotopic (exact) mass is 239 g/mol. The number of anilines is 1. The first-order valence-electron chi connectivity index (χ1n) is 6.86. The van der Waals surface area contributed by atoms with Crippen molar-refractivity contribution >= 4 is 5.69 Å². The number of aromatic amines is 1. The normalized spacial score (nSPS) is 17.1. The first-order chi connectivity index (χ1) is 8.92. The van der Waals surface area contributed by atoms with Crippen molar-refractivity contribution in [3.8, 4) is 11.4 Å². The first-order valence-corrected chi connectivity index (χ1v) is 6.86. The molecule has 92 valence electrons.